The maximum atomic E-state index is 6.32. The average Bonchev–Trinajstić information content (AvgIpc) is 3.28. The lowest BCUT2D eigenvalue weighted by atomic mass is 9.86. The first-order valence-corrected chi connectivity index (χ1v) is 9.63. The van der Waals surface area contributed by atoms with Gasteiger partial charge in [-0.2, -0.15) is 5.10 Å². The van der Waals surface area contributed by atoms with Crippen LogP contribution in [0.1, 0.15) is 35.4 Å². The first kappa shape index (κ1) is 17.1. The van der Waals surface area contributed by atoms with Crippen molar-refractivity contribution in [3.8, 4) is 0 Å². The molecule has 0 bridgehead atoms. The van der Waals surface area contributed by atoms with Crippen LogP contribution in [0.25, 0.3) is 0 Å². The molecule has 2 aliphatic heterocycles. The second kappa shape index (κ2) is 6.75. The van der Waals surface area contributed by atoms with Crippen LogP contribution in [0, 0.1) is 19.3 Å². The Morgan fingerprint density at radius 2 is 2.04 bits per heavy atom. The number of benzene rings is 1. The predicted octanol–water partition coefficient (Wildman–Crippen LogP) is 3.39. The number of nitrogens with zero attached hydrogens (tertiary/aromatic N) is 3. The third-order valence-electron chi connectivity index (χ3n) is 6.04. The molecule has 1 atom stereocenters. The summed E-state index contributed by atoms with van der Waals surface area (Å²) in [5, 5.41) is 9.15. The highest BCUT2D eigenvalue weighted by Crippen LogP contribution is 2.37. The second-order valence-corrected chi connectivity index (χ2v) is 8.19. The van der Waals surface area contributed by atoms with Crippen LogP contribution in [0.2, 0.25) is 5.02 Å². The minimum atomic E-state index is 0.523. The van der Waals surface area contributed by atoms with Crippen molar-refractivity contribution in [3.05, 3.63) is 51.8 Å². The van der Waals surface area contributed by atoms with Crippen LogP contribution < -0.4 is 5.32 Å². The molecule has 2 aliphatic rings. The van der Waals surface area contributed by atoms with E-state index in [1.54, 1.807) is 0 Å². The Morgan fingerprint density at radius 1 is 1.20 bits per heavy atom. The third-order valence-corrected chi connectivity index (χ3v) is 6.41. The standard InChI is InChI=1S/C20H27ClN4/c1-15-18(12-24-10-8-20(14-24)7-9-22-13-20)16(2)25(23-15)11-17-5-3-4-6-19(17)21/h3-6,22H,7-14H2,1-2H3. The minimum Gasteiger partial charge on any atom is -0.316 e. The van der Waals surface area contributed by atoms with Gasteiger partial charge in [-0.3, -0.25) is 9.58 Å². The fraction of sp³-hybridized carbons (Fsp3) is 0.550. The Morgan fingerprint density at radius 3 is 2.80 bits per heavy atom. The Bertz CT molecular complexity index is 761. The van der Waals surface area contributed by atoms with Gasteiger partial charge in [0.05, 0.1) is 12.2 Å². The molecule has 134 valence electrons. The molecule has 1 unspecified atom stereocenters. The fourth-order valence-corrected chi connectivity index (χ4v) is 4.63. The summed E-state index contributed by atoms with van der Waals surface area (Å²) in [5.41, 5.74) is 5.45. The largest absolute Gasteiger partial charge is 0.316 e. The van der Waals surface area contributed by atoms with Crippen molar-refractivity contribution in [2.24, 2.45) is 5.41 Å². The smallest absolute Gasteiger partial charge is 0.0677 e. The van der Waals surface area contributed by atoms with E-state index in [0.717, 1.165) is 29.4 Å². The molecule has 3 heterocycles. The van der Waals surface area contributed by atoms with Crippen molar-refractivity contribution in [1.82, 2.24) is 20.0 Å². The molecule has 2 aromatic rings. The van der Waals surface area contributed by atoms with E-state index < -0.39 is 0 Å². The van der Waals surface area contributed by atoms with E-state index >= 15 is 0 Å². The number of nitrogens with one attached hydrogen (secondary N) is 1. The maximum absolute atomic E-state index is 6.32. The lowest BCUT2D eigenvalue weighted by molar-refractivity contribution is 0.268. The molecule has 2 saturated heterocycles. The Labute approximate surface area is 155 Å². The van der Waals surface area contributed by atoms with Gasteiger partial charge in [0.25, 0.3) is 0 Å². The summed E-state index contributed by atoms with van der Waals surface area (Å²) in [7, 11) is 0. The van der Waals surface area contributed by atoms with Crippen molar-refractivity contribution >= 4 is 11.6 Å². The van der Waals surface area contributed by atoms with E-state index in [9.17, 15) is 0 Å². The van der Waals surface area contributed by atoms with Crippen molar-refractivity contribution in [1.29, 1.82) is 0 Å². The molecule has 5 heteroatoms. The molecule has 1 aromatic heterocycles. The number of hydrogen-bond donors (Lipinski definition) is 1. The molecule has 0 aliphatic carbocycles. The molecule has 0 radical (unpaired) electrons. The van der Waals surface area contributed by atoms with E-state index in [4.69, 9.17) is 16.7 Å². The normalized spacial score (nSPS) is 23.8. The van der Waals surface area contributed by atoms with Gasteiger partial charge in [0, 0.05) is 35.9 Å². The number of rotatable bonds is 4. The van der Waals surface area contributed by atoms with E-state index in [0.29, 0.717) is 5.41 Å². The summed E-state index contributed by atoms with van der Waals surface area (Å²) in [4.78, 5) is 2.61. The van der Waals surface area contributed by atoms with Crippen LogP contribution in [-0.4, -0.2) is 40.9 Å². The van der Waals surface area contributed by atoms with E-state index in [-0.39, 0.29) is 0 Å². The monoisotopic (exact) mass is 358 g/mol. The lowest BCUT2D eigenvalue weighted by Crippen LogP contribution is -2.29. The molecule has 2 fully saturated rings. The van der Waals surface area contributed by atoms with Gasteiger partial charge < -0.3 is 5.32 Å². The van der Waals surface area contributed by atoms with Gasteiger partial charge in [0.2, 0.25) is 0 Å². The summed E-state index contributed by atoms with van der Waals surface area (Å²) in [6.45, 7) is 10.9. The van der Waals surface area contributed by atoms with Gasteiger partial charge in [-0.25, -0.2) is 0 Å². The summed E-state index contributed by atoms with van der Waals surface area (Å²) >= 11 is 6.32. The summed E-state index contributed by atoms with van der Waals surface area (Å²) in [5.74, 6) is 0. The molecule has 1 spiro atoms. The van der Waals surface area contributed by atoms with Crippen molar-refractivity contribution in [2.45, 2.75) is 39.8 Å². The molecule has 1 aromatic carbocycles. The number of likely N-dealkylation sites (tertiary alicyclic amines) is 1. The Kier molecular flexibility index (Phi) is 4.61. The zero-order valence-corrected chi connectivity index (χ0v) is 15.9. The first-order valence-electron chi connectivity index (χ1n) is 9.26. The van der Waals surface area contributed by atoms with Gasteiger partial charge in [-0.05, 0) is 56.8 Å². The Balaban J connectivity index is 1.50. The van der Waals surface area contributed by atoms with Gasteiger partial charge in [0.15, 0.2) is 0 Å². The molecule has 1 N–H and O–H groups in total. The molecule has 4 nitrogen and oxygen atoms in total. The second-order valence-electron chi connectivity index (χ2n) is 7.79. The summed E-state index contributed by atoms with van der Waals surface area (Å²) in [6.07, 6.45) is 2.65. The zero-order valence-electron chi connectivity index (χ0n) is 15.2. The van der Waals surface area contributed by atoms with E-state index in [1.807, 2.05) is 18.2 Å². The van der Waals surface area contributed by atoms with Gasteiger partial charge >= 0.3 is 0 Å². The topological polar surface area (TPSA) is 33.1 Å². The highest BCUT2D eigenvalue weighted by atomic mass is 35.5. The van der Waals surface area contributed by atoms with Gasteiger partial charge in [-0.15, -0.1) is 0 Å². The van der Waals surface area contributed by atoms with Crippen LogP contribution in [0.4, 0.5) is 0 Å². The number of hydrogen-bond acceptors (Lipinski definition) is 3. The molecular weight excluding hydrogens is 332 g/mol. The summed E-state index contributed by atoms with van der Waals surface area (Å²) in [6, 6.07) is 8.03. The van der Waals surface area contributed by atoms with Crippen LogP contribution in [0.5, 0.6) is 0 Å². The molecule has 25 heavy (non-hydrogen) atoms. The van der Waals surface area contributed by atoms with Crippen LogP contribution in [0.15, 0.2) is 24.3 Å². The van der Waals surface area contributed by atoms with Crippen LogP contribution >= 0.6 is 11.6 Å². The fourth-order valence-electron chi connectivity index (χ4n) is 4.43. The van der Waals surface area contributed by atoms with E-state index in [1.165, 1.54) is 50.3 Å². The van der Waals surface area contributed by atoms with Crippen molar-refractivity contribution in [2.75, 3.05) is 26.2 Å². The number of aryl methyl sites for hydroxylation is 1. The third kappa shape index (κ3) is 3.35. The van der Waals surface area contributed by atoms with Crippen molar-refractivity contribution < 1.29 is 0 Å². The molecule has 0 amide bonds. The SMILES string of the molecule is Cc1nn(Cc2ccccc2Cl)c(C)c1CN1CCC2(CCNC2)C1. The molecular formula is C20H27ClN4. The van der Waals surface area contributed by atoms with Crippen LogP contribution in [0.3, 0.4) is 0 Å². The average molecular weight is 359 g/mol. The first-order chi connectivity index (χ1) is 12.1. The molecule has 0 saturated carbocycles. The van der Waals surface area contributed by atoms with Crippen LogP contribution in [-0.2, 0) is 13.1 Å². The number of halogens is 1. The van der Waals surface area contributed by atoms with E-state index in [2.05, 4.69) is 34.8 Å². The lowest BCUT2D eigenvalue weighted by Gasteiger charge is -2.23. The quantitative estimate of drug-likeness (QED) is 0.909. The van der Waals surface area contributed by atoms with Gasteiger partial charge in [0.1, 0.15) is 0 Å². The van der Waals surface area contributed by atoms with Crippen molar-refractivity contribution in [3.63, 3.8) is 0 Å². The maximum Gasteiger partial charge on any atom is 0.0677 e. The summed E-state index contributed by atoms with van der Waals surface area (Å²) < 4.78 is 2.11. The highest BCUT2D eigenvalue weighted by Gasteiger charge is 2.40. The minimum absolute atomic E-state index is 0.523. The zero-order chi connectivity index (χ0) is 17.4. The number of aromatic nitrogens is 2. The van der Waals surface area contributed by atoms with Gasteiger partial charge in [-0.1, -0.05) is 29.8 Å². The molecule has 4 rings (SSSR count). The predicted molar refractivity (Wildman–Crippen MR) is 102 cm³/mol. The highest BCUT2D eigenvalue weighted by molar-refractivity contribution is 6.31. The Hall–Kier alpha value is -1.36.